The van der Waals surface area contributed by atoms with Gasteiger partial charge in [-0.2, -0.15) is 0 Å². The van der Waals surface area contributed by atoms with Crippen LogP contribution in [-0.2, 0) is 0 Å². The summed E-state index contributed by atoms with van der Waals surface area (Å²) >= 11 is 0. The molecule has 0 atom stereocenters. The van der Waals surface area contributed by atoms with Crippen LogP contribution >= 0.6 is 0 Å². The fraction of sp³-hybridized carbons (Fsp3) is 0.818. The number of hydrogen-bond donors (Lipinski definition) is 0. The Morgan fingerprint density at radius 3 is 1.64 bits per heavy atom. The smallest absolute Gasteiger partial charge is 0.0356 e. The van der Waals surface area contributed by atoms with Gasteiger partial charge in [0.2, 0.25) is 0 Å². The van der Waals surface area contributed by atoms with Gasteiger partial charge in [0.25, 0.3) is 0 Å². The molecule has 68 valence electrons. The summed E-state index contributed by atoms with van der Waals surface area (Å²) in [6, 6.07) is 0. The highest BCUT2D eigenvalue weighted by Crippen LogP contribution is 2.02. The predicted octanol–water partition coefficient (Wildman–Crippen LogP) is 4.42. The maximum absolute atomic E-state index is 3.55. The lowest BCUT2D eigenvalue weighted by atomic mass is 10.1. The van der Waals surface area contributed by atoms with Crippen LogP contribution in [0.4, 0.5) is 0 Å². The van der Waals surface area contributed by atoms with Crippen LogP contribution in [0.2, 0.25) is 0 Å². The first-order valence-corrected chi connectivity index (χ1v) is 4.83. The molecule has 0 aliphatic rings. The molecule has 0 saturated heterocycles. The summed E-state index contributed by atoms with van der Waals surface area (Å²) in [6.45, 7) is 12.4. The zero-order valence-corrected chi connectivity index (χ0v) is 8.69. The van der Waals surface area contributed by atoms with Crippen molar-refractivity contribution in [2.45, 2.75) is 53.4 Å². The molecule has 0 aromatic heterocycles. The Morgan fingerprint density at radius 2 is 1.64 bits per heavy atom. The van der Waals surface area contributed by atoms with Gasteiger partial charge in [-0.15, -0.1) is 6.58 Å². The summed E-state index contributed by atoms with van der Waals surface area (Å²) < 4.78 is 0. The van der Waals surface area contributed by atoms with E-state index in [1.165, 1.54) is 19.3 Å². The fourth-order valence-corrected chi connectivity index (χ4v) is 0.493. The normalized spacial score (nSPS) is 8.82. The monoisotopic (exact) mass is 156 g/mol. The molecular weight excluding hydrogens is 132 g/mol. The Kier molecular flexibility index (Phi) is 15.1. The van der Waals surface area contributed by atoms with E-state index < -0.39 is 0 Å². The molecule has 0 aromatic rings. The molecule has 0 aliphatic carbocycles. The van der Waals surface area contributed by atoms with Crippen LogP contribution in [0.15, 0.2) is 12.7 Å². The topological polar surface area (TPSA) is 0 Å². The van der Waals surface area contributed by atoms with E-state index in [0.29, 0.717) is 0 Å². The second-order valence-corrected chi connectivity index (χ2v) is 3.00. The number of unbranched alkanes of at least 4 members (excludes halogenated alkanes) is 1. The Labute approximate surface area is 72.7 Å². The first kappa shape index (κ1) is 13.3. The van der Waals surface area contributed by atoms with Crippen molar-refractivity contribution >= 4 is 0 Å². The third-order valence-corrected chi connectivity index (χ3v) is 1.89. The van der Waals surface area contributed by atoms with Gasteiger partial charge in [0.05, 0.1) is 0 Å². The third kappa shape index (κ3) is 17.7. The van der Waals surface area contributed by atoms with Crippen LogP contribution < -0.4 is 0 Å². The minimum absolute atomic E-state index is 0.935. The summed E-state index contributed by atoms with van der Waals surface area (Å²) in [7, 11) is 0. The van der Waals surface area contributed by atoms with Crippen molar-refractivity contribution in [1.82, 2.24) is 0 Å². The molecule has 0 rings (SSSR count). The predicted molar refractivity (Wildman–Crippen MR) is 54.9 cm³/mol. The number of hydrogen-bond acceptors (Lipinski definition) is 0. The molecule has 0 spiro atoms. The molecule has 0 N–H and O–H groups in total. The highest BCUT2D eigenvalue weighted by atomic mass is 13.9. The lowest BCUT2D eigenvalue weighted by Crippen LogP contribution is -1.85. The van der Waals surface area contributed by atoms with E-state index >= 15 is 0 Å². The lowest BCUT2D eigenvalue weighted by Gasteiger charge is -1.98. The molecule has 0 aromatic carbocycles. The molecule has 0 radical (unpaired) electrons. The van der Waals surface area contributed by atoms with Gasteiger partial charge in [0, 0.05) is 0 Å². The van der Waals surface area contributed by atoms with Crippen molar-refractivity contribution in [3.8, 4) is 0 Å². The average Bonchev–Trinajstić information content (AvgIpc) is 2.06. The van der Waals surface area contributed by atoms with Gasteiger partial charge in [0.15, 0.2) is 0 Å². The van der Waals surface area contributed by atoms with E-state index in [0.717, 1.165) is 12.3 Å². The van der Waals surface area contributed by atoms with E-state index in [1.54, 1.807) is 0 Å². The molecule has 0 nitrogen and oxygen atoms in total. The maximum atomic E-state index is 3.55. The Morgan fingerprint density at radius 1 is 1.18 bits per heavy atom. The highest BCUT2D eigenvalue weighted by Gasteiger charge is 1.88. The van der Waals surface area contributed by atoms with Gasteiger partial charge in [0.1, 0.15) is 0 Å². The second kappa shape index (κ2) is 12.4. The summed E-state index contributed by atoms with van der Waals surface area (Å²) in [5.74, 6) is 0.935. The van der Waals surface area contributed by atoms with Crippen LogP contribution in [0, 0.1) is 5.92 Å². The summed E-state index contributed by atoms with van der Waals surface area (Å²) in [5.41, 5.74) is 0. The summed E-state index contributed by atoms with van der Waals surface area (Å²) in [4.78, 5) is 0. The number of allylic oxidation sites excluding steroid dienone is 1. The Balaban J connectivity index is 0. The van der Waals surface area contributed by atoms with E-state index in [4.69, 9.17) is 0 Å². The standard InChI is InChI=1S/C6H14.C5H10/c1-4-6(3)5-2;1-3-5-4-2/h6H,4-5H2,1-3H3;3H,1,4-5H2,2H3. The fourth-order valence-electron chi connectivity index (χ4n) is 0.493. The average molecular weight is 156 g/mol. The molecule has 0 saturated carbocycles. The van der Waals surface area contributed by atoms with Gasteiger partial charge in [-0.1, -0.05) is 53.0 Å². The largest absolute Gasteiger partial charge is 0.103 e. The molecule has 0 amide bonds. The van der Waals surface area contributed by atoms with Crippen LogP contribution in [-0.4, -0.2) is 0 Å². The van der Waals surface area contributed by atoms with Crippen molar-refractivity contribution in [3.05, 3.63) is 12.7 Å². The maximum Gasteiger partial charge on any atom is -0.0356 e. The molecule has 11 heavy (non-hydrogen) atoms. The van der Waals surface area contributed by atoms with Gasteiger partial charge in [-0.25, -0.2) is 0 Å². The first-order valence-electron chi connectivity index (χ1n) is 4.83. The molecule has 0 unspecified atom stereocenters. The zero-order valence-electron chi connectivity index (χ0n) is 8.69. The molecule has 0 heteroatoms. The van der Waals surface area contributed by atoms with Gasteiger partial charge >= 0.3 is 0 Å². The summed E-state index contributed by atoms with van der Waals surface area (Å²) in [6.07, 6.45) is 6.97. The van der Waals surface area contributed by atoms with E-state index in [2.05, 4.69) is 34.3 Å². The number of rotatable bonds is 4. The van der Waals surface area contributed by atoms with Crippen LogP contribution in [0.3, 0.4) is 0 Å². The van der Waals surface area contributed by atoms with Crippen LogP contribution in [0.5, 0.6) is 0 Å². The minimum atomic E-state index is 0.935. The van der Waals surface area contributed by atoms with E-state index in [9.17, 15) is 0 Å². The van der Waals surface area contributed by atoms with Crippen molar-refractivity contribution < 1.29 is 0 Å². The van der Waals surface area contributed by atoms with Crippen molar-refractivity contribution in [2.24, 2.45) is 5.92 Å². The minimum Gasteiger partial charge on any atom is -0.103 e. The quantitative estimate of drug-likeness (QED) is 0.529. The lowest BCUT2D eigenvalue weighted by molar-refractivity contribution is 0.544. The Bertz CT molecular complexity index is 60.4. The second-order valence-electron chi connectivity index (χ2n) is 3.00. The molecule has 0 bridgehead atoms. The zero-order chi connectivity index (χ0) is 9.11. The molecule has 0 fully saturated rings. The van der Waals surface area contributed by atoms with Crippen molar-refractivity contribution in [1.29, 1.82) is 0 Å². The molecule has 0 aliphatic heterocycles. The van der Waals surface area contributed by atoms with E-state index in [-0.39, 0.29) is 0 Å². The van der Waals surface area contributed by atoms with Crippen molar-refractivity contribution in [3.63, 3.8) is 0 Å². The van der Waals surface area contributed by atoms with Crippen molar-refractivity contribution in [2.75, 3.05) is 0 Å². The third-order valence-electron chi connectivity index (χ3n) is 1.89. The molecular formula is C11H24. The SMILES string of the molecule is C=CCCC.CCC(C)CC. The van der Waals surface area contributed by atoms with E-state index in [1.807, 2.05) is 6.08 Å². The highest BCUT2D eigenvalue weighted by molar-refractivity contribution is 4.63. The Hall–Kier alpha value is -0.260. The molecule has 0 heterocycles. The van der Waals surface area contributed by atoms with Crippen LogP contribution in [0.25, 0.3) is 0 Å². The van der Waals surface area contributed by atoms with Gasteiger partial charge in [-0.05, 0) is 12.3 Å². The van der Waals surface area contributed by atoms with Crippen LogP contribution in [0.1, 0.15) is 53.4 Å². The van der Waals surface area contributed by atoms with Gasteiger partial charge < -0.3 is 0 Å². The summed E-state index contributed by atoms with van der Waals surface area (Å²) in [5, 5.41) is 0. The van der Waals surface area contributed by atoms with Gasteiger partial charge in [-0.3, -0.25) is 0 Å². The first-order chi connectivity index (χ1) is 5.22.